The van der Waals surface area contributed by atoms with Crippen molar-refractivity contribution in [2.45, 2.75) is 199 Å². The van der Waals surface area contributed by atoms with Gasteiger partial charge in [0.05, 0.1) is 13.2 Å². The summed E-state index contributed by atoms with van der Waals surface area (Å²) in [4.78, 5) is 34.1. The maximum Gasteiger partial charge on any atom is 0.332 e. The van der Waals surface area contributed by atoms with E-state index in [1.165, 1.54) is 146 Å². The summed E-state index contributed by atoms with van der Waals surface area (Å²) in [5.74, 6) is -0.141. The first-order valence-corrected chi connectivity index (χ1v) is 21.1. The lowest BCUT2D eigenvalue weighted by molar-refractivity contribution is -0.132. The van der Waals surface area contributed by atoms with Crippen molar-refractivity contribution in [2.75, 3.05) is 32.9 Å². The van der Waals surface area contributed by atoms with Crippen molar-refractivity contribution in [2.24, 2.45) is 0 Å². The summed E-state index contributed by atoms with van der Waals surface area (Å²) in [6, 6.07) is 0. The molecule has 0 aromatic heterocycles. The summed E-state index contributed by atoms with van der Waals surface area (Å²) in [5, 5.41) is 9.49. The number of nitrogens with zero attached hydrogens (tertiary/aromatic N) is 1. The minimum absolute atomic E-state index is 0.0727. The highest BCUT2D eigenvalue weighted by atomic mass is 31.2. The summed E-state index contributed by atoms with van der Waals surface area (Å²) in [6.45, 7) is 4.70. The molecule has 0 saturated carbocycles. The highest BCUT2D eigenvalue weighted by Crippen LogP contribution is 2.41. The Labute approximate surface area is 279 Å². The molecule has 0 bridgehead atoms. The topological polar surface area (TPSA) is 107 Å². The Morgan fingerprint density at radius 2 is 0.956 bits per heavy atom. The highest BCUT2D eigenvalue weighted by Gasteiger charge is 2.32. The SMILES string of the molecule is CCCCCCCCCCCCCCCCOCC(CN(CCO)C(=O)CCCCCCCCCCCCCCC)P(=O)(O)O. The van der Waals surface area contributed by atoms with Crippen LogP contribution in [-0.2, 0) is 14.1 Å². The summed E-state index contributed by atoms with van der Waals surface area (Å²) < 4.78 is 17.9. The average molecular weight is 662 g/mol. The van der Waals surface area contributed by atoms with Crippen LogP contribution in [0.15, 0.2) is 0 Å². The van der Waals surface area contributed by atoms with Gasteiger partial charge in [-0.3, -0.25) is 9.36 Å². The molecule has 0 saturated heterocycles. The van der Waals surface area contributed by atoms with E-state index in [1.807, 2.05) is 0 Å². The molecule has 1 amide bonds. The molecule has 7 nitrogen and oxygen atoms in total. The first-order chi connectivity index (χ1) is 21.9. The second kappa shape index (κ2) is 33.4. The zero-order chi connectivity index (χ0) is 33.3. The Bertz CT molecular complexity index is 673. The van der Waals surface area contributed by atoms with Crippen LogP contribution in [-0.4, -0.2) is 64.3 Å². The number of ether oxygens (including phenoxy) is 1. The average Bonchev–Trinajstić information content (AvgIpc) is 3.01. The van der Waals surface area contributed by atoms with E-state index in [0.29, 0.717) is 13.0 Å². The van der Waals surface area contributed by atoms with Crippen molar-refractivity contribution >= 4 is 13.5 Å². The number of aliphatic hydroxyl groups is 1. The Balaban J connectivity index is 4.00. The molecule has 0 aliphatic rings. The van der Waals surface area contributed by atoms with E-state index in [0.717, 1.165) is 32.1 Å². The molecular formula is C37H76NO6P. The summed E-state index contributed by atoms with van der Waals surface area (Å²) in [7, 11) is -4.44. The van der Waals surface area contributed by atoms with Crippen molar-refractivity contribution in [3.05, 3.63) is 0 Å². The Morgan fingerprint density at radius 1 is 0.600 bits per heavy atom. The molecule has 0 heterocycles. The van der Waals surface area contributed by atoms with Crippen LogP contribution >= 0.6 is 7.60 Å². The van der Waals surface area contributed by atoms with Crippen LogP contribution in [0.1, 0.15) is 194 Å². The van der Waals surface area contributed by atoms with Gasteiger partial charge in [-0.25, -0.2) is 0 Å². The number of unbranched alkanes of at least 4 members (excludes halogenated alkanes) is 25. The normalized spacial score (nSPS) is 12.6. The molecule has 3 N–H and O–H groups in total. The van der Waals surface area contributed by atoms with Crippen LogP contribution in [0.25, 0.3) is 0 Å². The number of hydrogen-bond acceptors (Lipinski definition) is 4. The molecule has 0 radical (unpaired) electrons. The predicted octanol–water partition coefficient (Wildman–Crippen LogP) is 10.3. The molecule has 0 aliphatic heterocycles. The number of carbonyl (C=O) groups is 1. The van der Waals surface area contributed by atoms with Gasteiger partial charge >= 0.3 is 7.60 Å². The fourth-order valence-corrected chi connectivity index (χ4v) is 6.73. The quantitative estimate of drug-likeness (QED) is 0.0456. The van der Waals surface area contributed by atoms with Gasteiger partial charge in [0.2, 0.25) is 5.91 Å². The van der Waals surface area contributed by atoms with Crippen molar-refractivity contribution in [1.29, 1.82) is 0 Å². The van der Waals surface area contributed by atoms with Gasteiger partial charge in [0.15, 0.2) is 0 Å². The van der Waals surface area contributed by atoms with Crippen LogP contribution in [0.5, 0.6) is 0 Å². The smallest absolute Gasteiger partial charge is 0.332 e. The number of carbonyl (C=O) groups excluding carboxylic acids is 1. The molecule has 1 unspecified atom stereocenters. The van der Waals surface area contributed by atoms with Gasteiger partial charge in [0.1, 0.15) is 5.66 Å². The number of amides is 1. The Hall–Kier alpha value is -0.460. The van der Waals surface area contributed by atoms with Gasteiger partial charge in [-0.15, -0.1) is 0 Å². The van der Waals surface area contributed by atoms with E-state index in [1.54, 1.807) is 0 Å². The van der Waals surface area contributed by atoms with Crippen molar-refractivity contribution in [3.63, 3.8) is 0 Å². The van der Waals surface area contributed by atoms with E-state index in [2.05, 4.69) is 13.8 Å². The fourth-order valence-electron chi connectivity index (χ4n) is 6.02. The standard InChI is InChI=1S/C37H76NO6P/c1-3-5-7-9-11-13-15-17-19-21-23-25-27-29-33-44-35-36(45(41,42)43)34-38(31-32-39)37(40)30-28-26-24-22-20-18-16-14-12-10-8-6-4-2/h36,39H,3-35H2,1-2H3,(H2,41,42,43). The first kappa shape index (κ1) is 44.5. The van der Waals surface area contributed by atoms with E-state index < -0.39 is 13.3 Å². The molecule has 270 valence electrons. The van der Waals surface area contributed by atoms with E-state index in [9.17, 15) is 24.3 Å². The van der Waals surface area contributed by atoms with Crippen LogP contribution in [0.4, 0.5) is 0 Å². The van der Waals surface area contributed by atoms with E-state index in [4.69, 9.17) is 4.74 Å². The maximum absolute atomic E-state index is 12.8. The number of aliphatic hydroxyl groups excluding tert-OH is 1. The molecule has 45 heavy (non-hydrogen) atoms. The van der Waals surface area contributed by atoms with Crippen LogP contribution in [0, 0.1) is 0 Å². The molecule has 8 heteroatoms. The monoisotopic (exact) mass is 662 g/mol. The second-order valence-electron chi connectivity index (χ2n) is 13.5. The zero-order valence-corrected chi connectivity index (χ0v) is 30.8. The predicted molar refractivity (Wildman–Crippen MR) is 191 cm³/mol. The molecule has 0 spiro atoms. The largest absolute Gasteiger partial charge is 0.395 e. The summed E-state index contributed by atoms with van der Waals surface area (Å²) in [5.41, 5.74) is -1.06. The Morgan fingerprint density at radius 3 is 1.31 bits per heavy atom. The van der Waals surface area contributed by atoms with Crippen molar-refractivity contribution < 1.29 is 29.0 Å². The minimum Gasteiger partial charge on any atom is -0.395 e. The lowest BCUT2D eigenvalue weighted by Crippen LogP contribution is -2.40. The number of hydrogen-bond donors (Lipinski definition) is 3. The van der Waals surface area contributed by atoms with E-state index in [-0.39, 0.29) is 32.2 Å². The van der Waals surface area contributed by atoms with Gasteiger partial charge in [-0.2, -0.15) is 0 Å². The third-order valence-corrected chi connectivity index (χ3v) is 10.3. The molecule has 0 aromatic rings. The third kappa shape index (κ3) is 30.6. The van der Waals surface area contributed by atoms with Gasteiger partial charge in [0, 0.05) is 26.1 Å². The summed E-state index contributed by atoms with van der Waals surface area (Å²) in [6.07, 6.45) is 34.3. The van der Waals surface area contributed by atoms with Crippen LogP contribution in [0.2, 0.25) is 0 Å². The van der Waals surface area contributed by atoms with Gasteiger partial charge < -0.3 is 24.5 Å². The molecule has 0 fully saturated rings. The van der Waals surface area contributed by atoms with Crippen molar-refractivity contribution in [3.8, 4) is 0 Å². The molecule has 0 aliphatic carbocycles. The van der Waals surface area contributed by atoms with Crippen LogP contribution in [0.3, 0.4) is 0 Å². The first-order valence-electron chi connectivity index (χ1n) is 19.4. The molecule has 0 rings (SSSR count). The minimum atomic E-state index is -4.44. The lowest BCUT2D eigenvalue weighted by atomic mass is 10.0. The van der Waals surface area contributed by atoms with Gasteiger partial charge in [-0.1, -0.05) is 174 Å². The second-order valence-corrected chi connectivity index (χ2v) is 15.4. The van der Waals surface area contributed by atoms with Gasteiger partial charge in [-0.05, 0) is 12.8 Å². The third-order valence-electron chi connectivity index (χ3n) is 9.08. The fraction of sp³-hybridized carbons (Fsp3) is 0.973. The lowest BCUT2D eigenvalue weighted by Gasteiger charge is -2.27. The molecule has 1 atom stereocenters. The van der Waals surface area contributed by atoms with Gasteiger partial charge in [0.25, 0.3) is 0 Å². The van der Waals surface area contributed by atoms with Crippen molar-refractivity contribution in [1.82, 2.24) is 4.90 Å². The Kier molecular flexibility index (Phi) is 33.1. The maximum atomic E-state index is 12.8. The van der Waals surface area contributed by atoms with E-state index >= 15 is 0 Å². The van der Waals surface area contributed by atoms with Crippen LogP contribution < -0.4 is 0 Å². The highest BCUT2D eigenvalue weighted by molar-refractivity contribution is 7.52. The molecular weight excluding hydrogens is 585 g/mol. The zero-order valence-electron chi connectivity index (χ0n) is 29.9. The summed E-state index contributed by atoms with van der Waals surface area (Å²) >= 11 is 0. The number of rotatable bonds is 36. The molecule has 0 aromatic carbocycles.